The summed E-state index contributed by atoms with van der Waals surface area (Å²) in [7, 11) is 1.89. The molecule has 1 aliphatic rings. The first-order chi connectivity index (χ1) is 15.4. The zero-order valence-electron chi connectivity index (χ0n) is 17.9. The maximum Gasteiger partial charge on any atom is 0.254 e. The van der Waals surface area contributed by atoms with Crippen LogP contribution in [0.25, 0.3) is 0 Å². The topological polar surface area (TPSA) is 80.1 Å². The van der Waals surface area contributed by atoms with Crippen molar-refractivity contribution in [2.24, 2.45) is 7.05 Å². The van der Waals surface area contributed by atoms with Gasteiger partial charge in [-0.3, -0.25) is 9.59 Å². The van der Waals surface area contributed by atoms with E-state index in [-0.39, 0.29) is 23.6 Å². The molecule has 0 spiro atoms. The van der Waals surface area contributed by atoms with Gasteiger partial charge in [-0.2, -0.15) is 0 Å². The number of aromatic nitrogens is 3. The lowest BCUT2D eigenvalue weighted by Gasteiger charge is -2.24. The van der Waals surface area contributed by atoms with Gasteiger partial charge >= 0.3 is 0 Å². The molecule has 1 saturated heterocycles. The average Bonchev–Trinajstić information content (AvgIpc) is 3.40. The van der Waals surface area contributed by atoms with Crippen molar-refractivity contribution in [2.75, 3.05) is 17.6 Å². The molecule has 1 fully saturated rings. The third kappa shape index (κ3) is 4.88. The van der Waals surface area contributed by atoms with Crippen molar-refractivity contribution >= 4 is 45.2 Å². The molecule has 1 aliphatic heterocycles. The van der Waals surface area contributed by atoms with Gasteiger partial charge in [-0.25, -0.2) is 0 Å². The number of thioether (sulfide) groups is 1. The van der Waals surface area contributed by atoms with Crippen molar-refractivity contribution in [3.63, 3.8) is 0 Å². The molecule has 1 unspecified atom stereocenters. The summed E-state index contributed by atoms with van der Waals surface area (Å²) < 4.78 is 2.85. The van der Waals surface area contributed by atoms with Gasteiger partial charge in [-0.05, 0) is 55.7 Å². The number of likely N-dealkylation sites (tertiary alicyclic amines) is 1. The Morgan fingerprint density at radius 2 is 1.91 bits per heavy atom. The number of carbonyl (C=O) groups is 2. The fourth-order valence-electron chi connectivity index (χ4n) is 3.85. The van der Waals surface area contributed by atoms with Gasteiger partial charge in [0.2, 0.25) is 5.91 Å². The predicted octanol–water partition coefficient (Wildman–Crippen LogP) is 4.59. The number of nitrogens with one attached hydrogen (secondary N) is 1. The van der Waals surface area contributed by atoms with Crippen LogP contribution < -0.4 is 5.32 Å². The van der Waals surface area contributed by atoms with E-state index in [0.29, 0.717) is 11.7 Å². The molecule has 0 bridgehead atoms. The van der Waals surface area contributed by atoms with Crippen LogP contribution in [0.2, 0.25) is 0 Å². The van der Waals surface area contributed by atoms with E-state index in [1.807, 2.05) is 72.0 Å². The maximum atomic E-state index is 13.2. The molecule has 166 valence electrons. The summed E-state index contributed by atoms with van der Waals surface area (Å²) in [5, 5.41) is 12.2. The summed E-state index contributed by atoms with van der Waals surface area (Å²) in [6.07, 6.45) is 1.77. The van der Waals surface area contributed by atoms with Crippen molar-refractivity contribution in [3.05, 3.63) is 70.0 Å². The maximum absolute atomic E-state index is 13.2. The number of hydrogen-bond acceptors (Lipinski definition) is 5. The molecule has 9 heteroatoms. The minimum Gasteiger partial charge on any atom is -0.328 e. The Balaban J connectivity index is 1.42. The van der Waals surface area contributed by atoms with Crippen LogP contribution >= 0.6 is 27.7 Å². The second kappa shape index (κ2) is 9.87. The highest BCUT2D eigenvalue weighted by atomic mass is 79.9. The second-order valence-electron chi connectivity index (χ2n) is 7.72. The third-order valence-electron chi connectivity index (χ3n) is 5.52. The van der Waals surface area contributed by atoms with E-state index in [2.05, 4.69) is 31.4 Å². The number of nitrogens with zero attached hydrogens (tertiary/aromatic N) is 4. The summed E-state index contributed by atoms with van der Waals surface area (Å²) in [5.74, 6) is 0.884. The number of rotatable bonds is 6. The molecular formula is C23H24BrN5O2S. The van der Waals surface area contributed by atoms with Crippen LogP contribution in [0, 0.1) is 6.92 Å². The lowest BCUT2D eigenvalue weighted by Crippen LogP contribution is -2.32. The third-order valence-corrected chi connectivity index (χ3v) is 7.07. The number of amides is 2. The van der Waals surface area contributed by atoms with Crippen LogP contribution in [0.5, 0.6) is 0 Å². The molecule has 1 atom stereocenters. The van der Waals surface area contributed by atoms with E-state index in [1.165, 1.54) is 11.8 Å². The van der Waals surface area contributed by atoms with Gasteiger partial charge < -0.3 is 14.8 Å². The Labute approximate surface area is 199 Å². The minimum absolute atomic E-state index is 0.0247. The van der Waals surface area contributed by atoms with Crippen molar-refractivity contribution in [2.45, 2.75) is 31.0 Å². The normalized spacial score (nSPS) is 15.7. The molecule has 2 aromatic carbocycles. The number of anilines is 1. The van der Waals surface area contributed by atoms with Crippen LogP contribution in [-0.4, -0.2) is 43.8 Å². The van der Waals surface area contributed by atoms with Gasteiger partial charge in [0, 0.05) is 29.3 Å². The summed E-state index contributed by atoms with van der Waals surface area (Å²) in [6, 6.07) is 15.0. The Hall–Kier alpha value is -2.65. The van der Waals surface area contributed by atoms with Crippen molar-refractivity contribution in [1.29, 1.82) is 0 Å². The fraction of sp³-hybridized carbons (Fsp3) is 0.304. The Morgan fingerprint density at radius 1 is 1.16 bits per heavy atom. The van der Waals surface area contributed by atoms with Gasteiger partial charge in [0.05, 0.1) is 11.8 Å². The van der Waals surface area contributed by atoms with Crippen molar-refractivity contribution in [1.82, 2.24) is 19.7 Å². The SMILES string of the molecule is Cc1ccccc1C(=O)N1CCCC1c1nnc(SCC(=O)Nc2ccc(Br)cc2)n1C. The zero-order valence-corrected chi connectivity index (χ0v) is 20.3. The van der Waals surface area contributed by atoms with Crippen LogP contribution in [-0.2, 0) is 11.8 Å². The zero-order chi connectivity index (χ0) is 22.7. The van der Waals surface area contributed by atoms with Crippen molar-refractivity contribution < 1.29 is 9.59 Å². The van der Waals surface area contributed by atoms with E-state index in [9.17, 15) is 9.59 Å². The summed E-state index contributed by atoms with van der Waals surface area (Å²) >= 11 is 4.71. The highest BCUT2D eigenvalue weighted by molar-refractivity contribution is 9.10. The first-order valence-electron chi connectivity index (χ1n) is 10.4. The molecule has 0 saturated carbocycles. The first kappa shape index (κ1) is 22.5. The van der Waals surface area contributed by atoms with Gasteiger partial charge in [0.1, 0.15) is 0 Å². The van der Waals surface area contributed by atoms with Gasteiger partial charge in [-0.15, -0.1) is 10.2 Å². The molecule has 2 amide bonds. The Kier molecular flexibility index (Phi) is 6.95. The van der Waals surface area contributed by atoms with Gasteiger partial charge in [0.25, 0.3) is 5.91 Å². The van der Waals surface area contributed by atoms with Gasteiger partial charge in [-0.1, -0.05) is 45.9 Å². The molecule has 32 heavy (non-hydrogen) atoms. The summed E-state index contributed by atoms with van der Waals surface area (Å²) in [4.78, 5) is 27.4. The lowest BCUT2D eigenvalue weighted by atomic mass is 10.1. The Morgan fingerprint density at radius 3 is 2.66 bits per heavy atom. The summed E-state index contributed by atoms with van der Waals surface area (Å²) in [6.45, 7) is 2.65. The molecule has 0 aliphatic carbocycles. The standard InChI is InChI=1S/C23H24BrN5O2S/c1-15-6-3-4-7-18(15)22(31)29-13-5-8-19(29)21-26-27-23(28(21)2)32-14-20(30)25-17-11-9-16(24)10-12-17/h3-4,6-7,9-12,19H,5,8,13-14H2,1-2H3,(H,25,30). The number of halogens is 1. The number of aryl methyl sites for hydroxylation is 1. The second-order valence-corrected chi connectivity index (χ2v) is 9.57. The highest BCUT2D eigenvalue weighted by Gasteiger charge is 2.34. The molecule has 4 rings (SSSR count). The smallest absolute Gasteiger partial charge is 0.254 e. The van der Waals surface area contributed by atoms with E-state index in [1.54, 1.807) is 0 Å². The highest BCUT2D eigenvalue weighted by Crippen LogP contribution is 2.33. The molecule has 7 nitrogen and oxygen atoms in total. The minimum atomic E-state index is -0.120. The molecule has 1 aromatic heterocycles. The van der Waals surface area contributed by atoms with Gasteiger partial charge in [0.15, 0.2) is 11.0 Å². The quantitative estimate of drug-likeness (QED) is 0.487. The number of hydrogen-bond donors (Lipinski definition) is 1. The fourth-order valence-corrected chi connectivity index (χ4v) is 4.83. The molecule has 0 radical (unpaired) electrons. The van der Waals surface area contributed by atoms with E-state index >= 15 is 0 Å². The molecule has 1 N–H and O–H groups in total. The summed E-state index contributed by atoms with van der Waals surface area (Å²) in [5.41, 5.74) is 2.43. The predicted molar refractivity (Wildman–Crippen MR) is 129 cm³/mol. The van der Waals surface area contributed by atoms with Crippen LogP contribution in [0.3, 0.4) is 0 Å². The number of carbonyl (C=O) groups excluding carboxylic acids is 2. The molecule has 2 heterocycles. The van der Waals surface area contributed by atoms with Crippen LogP contribution in [0.15, 0.2) is 58.2 Å². The van der Waals surface area contributed by atoms with Crippen LogP contribution in [0.4, 0.5) is 5.69 Å². The average molecular weight is 514 g/mol. The monoisotopic (exact) mass is 513 g/mol. The largest absolute Gasteiger partial charge is 0.328 e. The van der Waals surface area contributed by atoms with Crippen molar-refractivity contribution in [3.8, 4) is 0 Å². The van der Waals surface area contributed by atoms with E-state index in [0.717, 1.165) is 40.0 Å². The lowest BCUT2D eigenvalue weighted by molar-refractivity contribution is -0.113. The Bertz CT molecular complexity index is 1130. The number of benzene rings is 2. The molecule has 3 aromatic rings. The first-order valence-corrected chi connectivity index (χ1v) is 12.2. The van der Waals surface area contributed by atoms with Crippen LogP contribution in [0.1, 0.15) is 40.6 Å². The van der Waals surface area contributed by atoms with E-state index < -0.39 is 0 Å². The van der Waals surface area contributed by atoms with E-state index in [4.69, 9.17) is 0 Å². The molecular weight excluding hydrogens is 490 g/mol.